The summed E-state index contributed by atoms with van der Waals surface area (Å²) < 4.78 is 0. The van der Waals surface area contributed by atoms with Crippen LogP contribution in [0.15, 0.2) is 24.4 Å². The van der Waals surface area contributed by atoms with Crippen molar-refractivity contribution in [1.82, 2.24) is 9.88 Å². The minimum atomic E-state index is 0. The zero-order valence-electron chi connectivity index (χ0n) is 9.36. The zero-order chi connectivity index (χ0) is 10.1. The van der Waals surface area contributed by atoms with Gasteiger partial charge in [0.05, 0.1) is 0 Å². The summed E-state index contributed by atoms with van der Waals surface area (Å²) in [4.78, 5) is 5.38. The van der Waals surface area contributed by atoms with E-state index in [1.165, 1.54) is 10.9 Å². The zero-order valence-corrected chi connectivity index (χ0v) is 11.0. The minimum Gasteiger partial charge on any atom is -0.399 e. The summed E-state index contributed by atoms with van der Waals surface area (Å²) >= 11 is 0. The van der Waals surface area contributed by atoms with Gasteiger partial charge in [0.15, 0.2) is 0 Å². The van der Waals surface area contributed by atoms with Gasteiger partial charge in [0.25, 0.3) is 0 Å². The number of nitrogens with two attached hydrogens (primary N) is 1. The average molecular weight is 262 g/mol. The Labute approximate surface area is 108 Å². The summed E-state index contributed by atoms with van der Waals surface area (Å²) in [5.41, 5.74) is 9.01. The molecule has 0 bridgehead atoms. The second-order valence-corrected chi connectivity index (χ2v) is 3.86. The average Bonchev–Trinajstić information content (AvgIpc) is 2.47. The molecule has 0 spiro atoms. The number of rotatable bonds is 2. The van der Waals surface area contributed by atoms with Crippen molar-refractivity contribution in [1.29, 1.82) is 0 Å². The monoisotopic (exact) mass is 261 g/mol. The highest BCUT2D eigenvalue weighted by molar-refractivity contribution is 5.86. The molecule has 0 saturated carbocycles. The van der Waals surface area contributed by atoms with Crippen molar-refractivity contribution in [3.05, 3.63) is 30.0 Å². The largest absolute Gasteiger partial charge is 0.399 e. The second-order valence-electron chi connectivity index (χ2n) is 3.86. The van der Waals surface area contributed by atoms with E-state index in [0.29, 0.717) is 0 Å². The SMILES string of the molecule is CN(C)Cc1c[nH]c2ccc(N)cc12.Cl.Cl. The molecule has 1 aromatic heterocycles. The van der Waals surface area contributed by atoms with Gasteiger partial charge in [-0.05, 0) is 37.9 Å². The second kappa shape index (κ2) is 5.99. The minimum absolute atomic E-state index is 0. The van der Waals surface area contributed by atoms with E-state index in [1.807, 2.05) is 24.4 Å². The number of H-pyrrole nitrogens is 1. The molecule has 1 heterocycles. The van der Waals surface area contributed by atoms with Crippen molar-refractivity contribution in [2.24, 2.45) is 0 Å². The third-order valence-electron chi connectivity index (χ3n) is 2.28. The Bertz CT molecular complexity index is 451. The molecule has 5 heteroatoms. The van der Waals surface area contributed by atoms with Crippen LogP contribution in [0.2, 0.25) is 0 Å². The van der Waals surface area contributed by atoms with Crippen LogP contribution >= 0.6 is 24.8 Å². The maximum Gasteiger partial charge on any atom is 0.0458 e. The molecule has 0 radical (unpaired) electrons. The predicted octanol–water partition coefficient (Wildman–Crippen LogP) is 2.66. The van der Waals surface area contributed by atoms with Crippen LogP contribution in [0.3, 0.4) is 0 Å². The van der Waals surface area contributed by atoms with Gasteiger partial charge in [-0.1, -0.05) is 0 Å². The standard InChI is InChI=1S/C11H15N3.2ClH/c1-14(2)7-8-6-13-11-4-3-9(12)5-10(8)11;;/h3-6,13H,7,12H2,1-2H3;2*1H. The molecule has 0 atom stereocenters. The molecule has 2 rings (SSSR count). The van der Waals surface area contributed by atoms with E-state index in [1.54, 1.807) is 0 Å². The molecular formula is C11H17Cl2N3. The van der Waals surface area contributed by atoms with Gasteiger partial charge in [0.1, 0.15) is 0 Å². The molecule has 16 heavy (non-hydrogen) atoms. The Morgan fingerprint density at radius 3 is 2.56 bits per heavy atom. The lowest BCUT2D eigenvalue weighted by molar-refractivity contribution is 0.404. The molecule has 3 nitrogen and oxygen atoms in total. The van der Waals surface area contributed by atoms with Gasteiger partial charge in [0.2, 0.25) is 0 Å². The van der Waals surface area contributed by atoms with Gasteiger partial charge in [-0.2, -0.15) is 0 Å². The first-order valence-corrected chi connectivity index (χ1v) is 4.67. The van der Waals surface area contributed by atoms with E-state index < -0.39 is 0 Å². The molecular weight excluding hydrogens is 245 g/mol. The van der Waals surface area contributed by atoms with Crippen LogP contribution in [0.5, 0.6) is 0 Å². The summed E-state index contributed by atoms with van der Waals surface area (Å²) in [5.74, 6) is 0. The van der Waals surface area contributed by atoms with Crippen LogP contribution < -0.4 is 5.73 Å². The highest BCUT2D eigenvalue weighted by Crippen LogP contribution is 2.21. The van der Waals surface area contributed by atoms with Crippen LogP contribution in [-0.4, -0.2) is 24.0 Å². The van der Waals surface area contributed by atoms with E-state index in [2.05, 4.69) is 24.0 Å². The van der Waals surface area contributed by atoms with Crippen molar-refractivity contribution >= 4 is 41.4 Å². The fourth-order valence-electron chi connectivity index (χ4n) is 1.67. The number of anilines is 1. The molecule has 0 amide bonds. The number of hydrogen-bond acceptors (Lipinski definition) is 2. The molecule has 0 aliphatic carbocycles. The molecule has 0 fully saturated rings. The normalized spacial score (nSPS) is 9.94. The van der Waals surface area contributed by atoms with E-state index in [-0.39, 0.29) is 24.8 Å². The van der Waals surface area contributed by atoms with Crippen molar-refractivity contribution < 1.29 is 0 Å². The van der Waals surface area contributed by atoms with Crippen molar-refractivity contribution in [2.75, 3.05) is 19.8 Å². The van der Waals surface area contributed by atoms with E-state index >= 15 is 0 Å². The van der Waals surface area contributed by atoms with Crippen molar-refractivity contribution in [2.45, 2.75) is 6.54 Å². The van der Waals surface area contributed by atoms with Crippen LogP contribution in [0, 0.1) is 0 Å². The Morgan fingerprint density at radius 1 is 1.25 bits per heavy atom. The summed E-state index contributed by atoms with van der Waals surface area (Å²) in [6, 6.07) is 5.95. The lowest BCUT2D eigenvalue weighted by Gasteiger charge is -2.07. The molecule has 1 aromatic carbocycles. The first kappa shape index (κ1) is 15.1. The fraction of sp³-hybridized carbons (Fsp3) is 0.273. The van der Waals surface area contributed by atoms with Crippen molar-refractivity contribution in [3.63, 3.8) is 0 Å². The summed E-state index contributed by atoms with van der Waals surface area (Å²) in [6.07, 6.45) is 2.05. The highest BCUT2D eigenvalue weighted by atomic mass is 35.5. The van der Waals surface area contributed by atoms with E-state index in [4.69, 9.17) is 5.73 Å². The summed E-state index contributed by atoms with van der Waals surface area (Å²) in [6.45, 7) is 0.934. The third kappa shape index (κ3) is 3.04. The van der Waals surface area contributed by atoms with E-state index in [0.717, 1.165) is 17.7 Å². The molecule has 2 aromatic rings. The van der Waals surface area contributed by atoms with Crippen LogP contribution in [0.4, 0.5) is 5.69 Å². The number of nitrogens with one attached hydrogen (secondary N) is 1. The van der Waals surface area contributed by atoms with Gasteiger partial charge < -0.3 is 15.6 Å². The number of hydrogen-bond donors (Lipinski definition) is 2. The lowest BCUT2D eigenvalue weighted by atomic mass is 10.1. The predicted molar refractivity (Wildman–Crippen MR) is 74.6 cm³/mol. The summed E-state index contributed by atoms with van der Waals surface area (Å²) in [7, 11) is 4.12. The quantitative estimate of drug-likeness (QED) is 0.817. The van der Waals surface area contributed by atoms with Gasteiger partial charge >= 0.3 is 0 Å². The first-order valence-electron chi connectivity index (χ1n) is 4.67. The molecule has 0 unspecified atom stereocenters. The number of benzene rings is 1. The molecule has 3 N–H and O–H groups in total. The lowest BCUT2D eigenvalue weighted by Crippen LogP contribution is -2.10. The van der Waals surface area contributed by atoms with Crippen LogP contribution in [-0.2, 0) is 6.54 Å². The third-order valence-corrected chi connectivity index (χ3v) is 2.28. The number of aromatic amines is 1. The van der Waals surface area contributed by atoms with E-state index in [9.17, 15) is 0 Å². The Morgan fingerprint density at radius 2 is 1.94 bits per heavy atom. The number of fused-ring (bicyclic) bond motifs is 1. The molecule has 0 saturated heterocycles. The Kier molecular flexibility index (Phi) is 5.65. The molecule has 90 valence electrons. The number of nitrogen functional groups attached to an aromatic ring is 1. The maximum absolute atomic E-state index is 5.76. The van der Waals surface area contributed by atoms with Crippen LogP contribution in [0.25, 0.3) is 10.9 Å². The fourth-order valence-corrected chi connectivity index (χ4v) is 1.67. The summed E-state index contributed by atoms with van der Waals surface area (Å²) in [5, 5.41) is 1.22. The topological polar surface area (TPSA) is 45.0 Å². The van der Waals surface area contributed by atoms with Gasteiger partial charge in [0, 0.05) is 29.3 Å². The van der Waals surface area contributed by atoms with Gasteiger partial charge in [-0.15, -0.1) is 24.8 Å². The van der Waals surface area contributed by atoms with Gasteiger partial charge in [-0.25, -0.2) is 0 Å². The first-order chi connectivity index (χ1) is 6.66. The highest BCUT2D eigenvalue weighted by Gasteiger charge is 2.04. The van der Waals surface area contributed by atoms with Crippen LogP contribution in [0.1, 0.15) is 5.56 Å². The Hall–Kier alpha value is -0.900. The molecule has 0 aliphatic rings. The van der Waals surface area contributed by atoms with Crippen molar-refractivity contribution in [3.8, 4) is 0 Å². The number of aromatic nitrogens is 1. The number of nitrogens with zero attached hydrogens (tertiary/aromatic N) is 1. The van der Waals surface area contributed by atoms with Gasteiger partial charge in [-0.3, -0.25) is 0 Å². The molecule has 0 aliphatic heterocycles. The Balaban J connectivity index is 0.00000112. The maximum atomic E-state index is 5.76. The number of halogens is 2. The smallest absolute Gasteiger partial charge is 0.0458 e.